The molecule has 1 aromatic heterocycles. The van der Waals surface area contributed by atoms with Crippen LogP contribution in [0.3, 0.4) is 0 Å². The van der Waals surface area contributed by atoms with Gasteiger partial charge in [0.2, 0.25) is 0 Å². The minimum Gasteiger partial charge on any atom is -0.376 e. The number of H-pyrrole nitrogens is 1. The van der Waals surface area contributed by atoms with E-state index in [4.69, 9.17) is 4.74 Å². The molecular formula is C12H10BrFN2O. The lowest BCUT2D eigenvalue weighted by Gasteiger charge is -2.12. The van der Waals surface area contributed by atoms with E-state index in [2.05, 4.69) is 26.1 Å². The molecule has 1 aromatic carbocycles. The lowest BCUT2D eigenvalue weighted by molar-refractivity contribution is 0.110. The largest absolute Gasteiger partial charge is 0.376 e. The fraction of sp³-hybridized carbons (Fsp3) is 0.250. The molecule has 0 bridgehead atoms. The zero-order valence-electron chi connectivity index (χ0n) is 8.96. The summed E-state index contributed by atoms with van der Waals surface area (Å²) in [5.74, 6) is -0.267. The SMILES string of the molecule is Fc1ccc(Br)c(-c2n[nH]c3c2COCC3)c1. The molecule has 1 aliphatic heterocycles. The second kappa shape index (κ2) is 4.23. The molecule has 0 atom stereocenters. The first-order valence-corrected chi connectivity index (χ1v) is 6.14. The number of nitrogens with one attached hydrogen (secondary N) is 1. The number of aromatic nitrogens is 2. The lowest BCUT2D eigenvalue weighted by atomic mass is 10.0. The van der Waals surface area contributed by atoms with Gasteiger partial charge in [0, 0.05) is 27.7 Å². The zero-order valence-corrected chi connectivity index (χ0v) is 10.6. The summed E-state index contributed by atoms with van der Waals surface area (Å²) in [6.45, 7) is 1.24. The maximum atomic E-state index is 13.3. The highest BCUT2D eigenvalue weighted by Crippen LogP contribution is 2.32. The van der Waals surface area contributed by atoms with Gasteiger partial charge >= 0.3 is 0 Å². The Morgan fingerprint density at radius 3 is 3.18 bits per heavy atom. The Morgan fingerprint density at radius 2 is 2.29 bits per heavy atom. The van der Waals surface area contributed by atoms with Crippen LogP contribution in [0, 0.1) is 5.82 Å². The summed E-state index contributed by atoms with van der Waals surface area (Å²) in [4.78, 5) is 0. The number of hydrogen-bond acceptors (Lipinski definition) is 2. The van der Waals surface area contributed by atoms with Crippen molar-refractivity contribution in [2.24, 2.45) is 0 Å². The van der Waals surface area contributed by atoms with Gasteiger partial charge in [-0.25, -0.2) is 4.39 Å². The molecule has 3 rings (SSSR count). The molecule has 1 aliphatic rings. The van der Waals surface area contributed by atoms with Crippen LogP contribution in [0.1, 0.15) is 11.3 Å². The topological polar surface area (TPSA) is 37.9 Å². The third-order valence-electron chi connectivity index (χ3n) is 2.88. The van der Waals surface area contributed by atoms with Crippen molar-refractivity contribution < 1.29 is 9.13 Å². The second-order valence-electron chi connectivity index (χ2n) is 3.96. The molecule has 0 amide bonds. The quantitative estimate of drug-likeness (QED) is 0.878. The predicted molar refractivity (Wildman–Crippen MR) is 65.0 cm³/mol. The highest BCUT2D eigenvalue weighted by Gasteiger charge is 2.20. The smallest absolute Gasteiger partial charge is 0.123 e. The molecule has 3 nitrogen and oxygen atoms in total. The second-order valence-corrected chi connectivity index (χ2v) is 4.81. The van der Waals surface area contributed by atoms with Crippen LogP contribution in [0.5, 0.6) is 0 Å². The summed E-state index contributed by atoms with van der Waals surface area (Å²) < 4.78 is 19.5. The molecule has 2 aromatic rings. The van der Waals surface area contributed by atoms with Gasteiger partial charge in [-0.05, 0) is 18.2 Å². The van der Waals surface area contributed by atoms with Crippen LogP contribution in [0.25, 0.3) is 11.3 Å². The Morgan fingerprint density at radius 1 is 1.41 bits per heavy atom. The molecule has 17 heavy (non-hydrogen) atoms. The Balaban J connectivity index is 2.15. The Kier molecular flexibility index (Phi) is 2.72. The molecular weight excluding hydrogens is 287 g/mol. The highest BCUT2D eigenvalue weighted by atomic mass is 79.9. The summed E-state index contributed by atoms with van der Waals surface area (Å²) in [5.41, 5.74) is 3.64. The maximum Gasteiger partial charge on any atom is 0.123 e. The van der Waals surface area contributed by atoms with Gasteiger partial charge in [0.25, 0.3) is 0 Å². The average molecular weight is 297 g/mol. The van der Waals surface area contributed by atoms with E-state index in [1.54, 1.807) is 6.07 Å². The minimum atomic E-state index is -0.267. The van der Waals surface area contributed by atoms with Gasteiger partial charge < -0.3 is 4.74 Å². The Bertz CT molecular complexity index is 568. The van der Waals surface area contributed by atoms with Gasteiger partial charge in [-0.2, -0.15) is 5.10 Å². The van der Waals surface area contributed by atoms with E-state index in [0.29, 0.717) is 13.2 Å². The molecule has 0 spiro atoms. The predicted octanol–water partition coefficient (Wildman–Crippen LogP) is 3.05. The normalized spacial score (nSPS) is 14.7. The standard InChI is InChI=1S/C12H10BrFN2O/c13-10-2-1-7(14)5-8(10)12-9-6-17-4-3-11(9)15-16-12/h1-2,5H,3-4,6H2,(H,15,16). The van der Waals surface area contributed by atoms with Crippen molar-refractivity contribution in [2.75, 3.05) is 6.61 Å². The van der Waals surface area contributed by atoms with Crippen molar-refractivity contribution in [3.05, 3.63) is 39.7 Å². The van der Waals surface area contributed by atoms with Gasteiger partial charge in [-0.3, -0.25) is 5.10 Å². The highest BCUT2D eigenvalue weighted by molar-refractivity contribution is 9.10. The molecule has 88 valence electrons. The van der Waals surface area contributed by atoms with Crippen LogP contribution in [0.2, 0.25) is 0 Å². The van der Waals surface area contributed by atoms with Crippen LogP contribution in [-0.2, 0) is 17.8 Å². The van der Waals surface area contributed by atoms with Gasteiger partial charge in [-0.15, -0.1) is 0 Å². The number of nitrogens with zero attached hydrogens (tertiary/aromatic N) is 1. The van der Waals surface area contributed by atoms with Crippen molar-refractivity contribution >= 4 is 15.9 Å². The molecule has 0 saturated carbocycles. The first-order valence-electron chi connectivity index (χ1n) is 5.35. The maximum absolute atomic E-state index is 13.3. The third kappa shape index (κ3) is 1.89. The van der Waals surface area contributed by atoms with Crippen molar-refractivity contribution in [3.8, 4) is 11.3 Å². The van der Waals surface area contributed by atoms with Crippen LogP contribution in [0.4, 0.5) is 4.39 Å². The number of rotatable bonds is 1. The molecule has 5 heteroatoms. The Labute approximate surface area is 106 Å². The van der Waals surface area contributed by atoms with Crippen molar-refractivity contribution in [2.45, 2.75) is 13.0 Å². The van der Waals surface area contributed by atoms with E-state index in [1.807, 2.05) is 0 Å². The van der Waals surface area contributed by atoms with Crippen LogP contribution in [-0.4, -0.2) is 16.8 Å². The number of halogens is 2. The lowest BCUT2D eigenvalue weighted by Crippen LogP contribution is -2.09. The van der Waals surface area contributed by atoms with Gasteiger partial charge in [0.05, 0.1) is 18.9 Å². The van der Waals surface area contributed by atoms with E-state index in [9.17, 15) is 4.39 Å². The molecule has 0 radical (unpaired) electrons. The fourth-order valence-corrected chi connectivity index (χ4v) is 2.45. The number of ether oxygens (including phenoxy) is 1. The van der Waals surface area contributed by atoms with Crippen molar-refractivity contribution in [3.63, 3.8) is 0 Å². The van der Waals surface area contributed by atoms with Crippen LogP contribution >= 0.6 is 15.9 Å². The van der Waals surface area contributed by atoms with E-state index < -0.39 is 0 Å². The van der Waals surface area contributed by atoms with Crippen LogP contribution in [0.15, 0.2) is 22.7 Å². The fourth-order valence-electron chi connectivity index (χ4n) is 2.01. The van der Waals surface area contributed by atoms with E-state index >= 15 is 0 Å². The minimum absolute atomic E-state index is 0.267. The molecule has 0 fully saturated rings. The molecule has 0 aliphatic carbocycles. The summed E-state index contributed by atoms with van der Waals surface area (Å²) in [5, 5.41) is 7.27. The molecule has 1 N–H and O–H groups in total. The third-order valence-corrected chi connectivity index (χ3v) is 3.57. The Hall–Kier alpha value is -1.20. The van der Waals surface area contributed by atoms with Crippen molar-refractivity contribution in [1.29, 1.82) is 0 Å². The van der Waals surface area contributed by atoms with Crippen LogP contribution < -0.4 is 0 Å². The van der Waals surface area contributed by atoms with E-state index in [1.165, 1.54) is 12.1 Å². The first-order chi connectivity index (χ1) is 8.25. The van der Waals surface area contributed by atoms with E-state index in [-0.39, 0.29) is 5.82 Å². The number of fused-ring (bicyclic) bond motifs is 1. The van der Waals surface area contributed by atoms with Gasteiger partial charge in [0.15, 0.2) is 0 Å². The van der Waals surface area contributed by atoms with Gasteiger partial charge in [0.1, 0.15) is 5.82 Å². The monoisotopic (exact) mass is 296 g/mol. The molecule has 0 saturated heterocycles. The zero-order chi connectivity index (χ0) is 11.8. The summed E-state index contributed by atoms with van der Waals surface area (Å²) >= 11 is 3.42. The average Bonchev–Trinajstić information content (AvgIpc) is 2.76. The number of aromatic amines is 1. The summed E-state index contributed by atoms with van der Waals surface area (Å²) in [6.07, 6.45) is 0.829. The molecule has 2 heterocycles. The summed E-state index contributed by atoms with van der Waals surface area (Å²) in [7, 11) is 0. The number of benzene rings is 1. The van der Waals surface area contributed by atoms with Gasteiger partial charge in [-0.1, -0.05) is 15.9 Å². The first kappa shape index (κ1) is 10.9. The van der Waals surface area contributed by atoms with E-state index in [0.717, 1.165) is 33.4 Å². The molecule has 0 unspecified atom stereocenters. The number of hydrogen-bond donors (Lipinski definition) is 1. The summed E-state index contributed by atoms with van der Waals surface area (Å²) in [6, 6.07) is 4.59. The van der Waals surface area contributed by atoms with Crippen molar-refractivity contribution in [1.82, 2.24) is 10.2 Å².